The number of carbonyl (C=O) groups is 2. The Morgan fingerprint density at radius 2 is 0.610 bits per heavy atom. The second kappa shape index (κ2) is 41.2. The van der Waals surface area contributed by atoms with E-state index in [-0.39, 0.29) is 32.3 Å². The van der Waals surface area contributed by atoms with Gasteiger partial charge < -0.3 is 19.8 Å². The van der Waals surface area contributed by atoms with Gasteiger partial charge in [0, 0.05) is 24.8 Å². The van der Waals surface area contributed by atoms with Crippen LogP contribution < -0.4 is 10.2 Å². The molecule has 0 aliphatic heterocycles. The third-order valence-electron chi connectivity index (χ3n) is 7.35. The monoisotopic (exact) mass is 626 g/mol. The van der Waals surface area contributed by atoms with Crippen LogP contribution in [-0.4, -0.2) is 11.9 Å². The first-order chi connectivity index (χ1) is 19.5. The van der Waals surface area contributed by atoms with Crippen molar-refractivity contribution in [2.75, 3.05) is 0 Å². The Labute approximate surface area is 268 Å². The zero-order valence-electron chi connectivity index (χ0n) is 27.4. The van der Waals surface area contributed by atoms with Gasteiger partial charge in [0.25, 0.3) is 0 Å². The maximum absolute atomic E-state index is 10.2. The zero-order valence-corrected chi connectivity index (χ0v) is 30.4. The van der Waals surface area contributed by atoms with Crippen LogP contribution in [0.25, 0.3) is 0 Å². The van der Waals surface area contributed by atoms with E-state index >= 15 is 0 Å². The summed E-state index contributed by atoms with van der Waals surface area (Å²) in [5, 5.41) is 20.3. The molecule has 0 aromatic rings. The topological polar surface area (TPSA) is 80.3 Å². The van der Waals surface area contributed by atoms with Gasteiger partial charge in [0.1, 0.15) is 0 Å². The number of hydrogen-bond acceptors (Lipinski definition) is 4. The van der Waals surface area contributed by atoms with Crippen LogP contribution in [0.3, 0.4) is 0 Å². The Morgan fingerprint density at radius 1 is 0.390 bits per heavy atom. The summed E-state index contributed by atoms with van der Waals surface area (Å²) < 4.78 is 0. The van der Waals surface area contributed by atoms with Crippen LogP contribution in [0.1, 0.15) is 194 Å². The number of carboxylic acid groups (broad SMARTS) is 2. The third-order valence-corrected chi connectivity index (χ3v) is 7.35. The summed E-state index contributed by atoms with van der Waals surface area (Å²) in [5.74, 6) is -1.98. The fraction of sp³-hybridized carbons (Fsp3) is 0.833. The van der Waals surface area contributed by atoms with E-state index in [0.29, 0.717) is 0 Å². The fourth-order valence-corrected chi connectivity index (χ4v) is 4.80. The zero-order chi connectivity index (χ0) is 29.8. The number of hydrogen-bond donors (Lipinski definition) is 0. The molecule has 41 heavy (non-hydrogen) atoms. The van der Waals surface area contributed by atoms with Crippen LogP contribution in [0.2, 0.25) is 0 Å². The van der Waals surface area contributed by atoms with Crippen molar-refractivity contribution in [3.05, 3.63) is 24.3 Å². The van der Waals surface area contributed by atoms with Crippen molar-refractivity contribution < 1.29 is 39.3 Å². The second-order valence-electron chi connectivity index (χ2n) is 11.5. The largest absolute Gasteiger partial charge is 2.00 e. The van der Waals surface area contributed by atoms with Crippen molar-refractivity contribution in [1.82, 2.24) is 0 Å². The first-order valence-corrected chi connectivity index (χ1v) is 17.2. The molecule has 0 saturated heterocycles. The molecular formula is C36H66O4Zn. The summed E-state index contributed by atoms with van der Waals surface area (Å²) in [6.07, 6.45) is 42.1. The molecule has 0 radical (unpaired) electrons. The fourth-order valence-electron chi connectivity index (χ4n) is 4.80. The summed E-state index contributed by atoms with van der Waals surface area (Å²) in [7, 11) is 0. The predicted octanol–water partition coefficient (Wildman–Crippen LogP) is 9.55. The summed E-state index contributed by atoms with van der Waals surface area (Å²) in [6.45, 7) is 4.53. The quantitative estimate of drug-likeness (QED) is 0.0451. The van der Waals surface area contributed by atoms with Gasteiger partial charge in [0.15, 0.2) is 0 Å². The number of allylic oxidation sites excluding steroid dienone is 2. The Kier molecular flexibility index (Phi) is 44.7. The van der Waals surface area contributed by atoms with Gasteiger partial charge in [-0.3, -0.25) is 0 Å². The molecule has 0 fully saturated rings. The van der Waals surface area contributed by atoms with Gasteiger partial charge in [-0.05, 0) is 25.7 Å². The minimum Gasteiger partial charge on any atom is -0.550 e. The van der Waals surface area contributed by atoms with Gasteiger partial charge in [-0.1, -0.05) is 179 Å². The first-order valence-electron chi connectivity index (χ1n) is 17.2. The molecule has 4 nitrogen and oxygen atoms in total. The van der Waals surface area contributed by atoms with Crippen LogP contribution in [-0.2, 0) is 29.1 Å². The van der Waals surface area contributed by atoms with E-state index in [1.54, 1.807) is 12.2 Å². The molecule has 5 heteroatoms. The Morgan fingerprint density at radius 3 is 0.829 bits per heavy atom. The minimum absolute atomic E-state index is 0. The van der Waals surface area contributed by atoms with Crippen molar-refractivity contribution in [1.29, 1.82) is 0 Å². The molecule has 236 valence electrons. The van der Waals surface area contributed by atoms with E-state index in [1.807, 2.05) is 12.2 Å². The molecule has 0 saturated carbocycles. The molecule has 0 rings (SSSR count). The Balaban J connectivity index is -0.000000688. The van der Waals surface area contributed by atoms with E-state index in [2.05, 4.69) is 13.8 Å². The van der Waals surface area contributed by atoms with E-state index in [1.165, 1.54) is 154 Å². The molecule has 0 heterocycles. The summed E-state index contributed by atoms with van der Waals surface area (Å²) in [6, 6.07) is 0. The molecular weight excluding hydrogens is 562 g/mol. The molecule has 0 amide bonds. The van der Waals surface area contributed by atoms with Gasteiger partial charge in [-0.15, -0.1) is 0 Å². The maximum atomic E-state index is 10.2. The summed E-state index contributed by atoms with van der Waals surface area (Å²) in [5.41, 5.74) is 0. The number of rotatable bonds is 30. The molecule has 0 aromatic heterocycles. The number of unbranched alkanes of at least 4 members (excludes halogenated alkanes) is 24. The van der Waals surface area contributed by atoms with Gasteiger partial charge >= 0.3 is 19.5 Å². The number of aliphatic carboxylic acids is 2. The van der Waals surface area contributed by atoms with Crippen molar-refractivity contribution in [3.63, 3.8) is 0 Å². The molecule has 0 spiro atoms. The number of carbonyl (C=O) groups excluding carboxylic acids is 2. The van der Waals surface area contributed by atoms with Gasteiger partial charge in [-0.2, -0.15) is 0 Å². The normalized spacial score (nSPS) is 11.0. The molecule has 0 atom stereocenters. The summed E-state index contributed by atoms with van der Waals surface area (Å²) >= 11 is 0. The smallest absolute Gasteiger partial charge is 0.550 e. The van der Waals surface area contributed by atoms with E-state index < -0.39 is 11.9 Å². The summed E-state index contributed by atoms with van der Waals surface area (Å²) in [4.78, 5) is 20.3. The van der Waals surface area contributed by atoms with Crippen LogP contribution in [0.15, 0.2) is 24.3 Å². The standard InChI is InChI=1S/2C18H34O2.Zn/c2*1-2-3-4-5-6-7-8-9-10-11-12-13-14-15-16-17-18(19)20;/h2*15-16H,2-14,17H2,1H3,(H,19,20);/q;;+2/p-2. The number of carboxylic acids is 2. The molecule has 0 aromatic carbocycles. The molecule has 0 N–H and O–H groups in total. The van der Waals surface area contributed by atoms with Crippen LogP contribution in [0, 0.1) is 0 Å². The van der Waals surface area contributed by atoms with Crippen LogP contribution in [0.4, 0.5) is 0 Å². The van der Waals surface area contributed by atoms with Crippen LogP contribution in [0.5, 0.6) is 0 Å². The molecule has 0 aliphatic carbocycles. The molecule has 0 bridgehead atoms. The van der Waals surface area contributed by atoms with Crippen LogP contribution >= 0.6 is 0 Å². The van der Waals surface area contributed by atoms with Gasteiger partial charge in [0.05, 0.1) is 0 Å². The minimum atomic E-state index is -0.990. The van der Waals surface area contributed by atoms with E-state index in [9.17, 15) is 19.8 Å². The molecule has 0 aliphatic rings. The van der Waals surface area contributed by atoms with Crippen molar-refractivity contribution >= 4 is 11.9 Å². The average Bonchev–Trinajstić information content (AvgIpc) is 2.93. The SMILES string of the molecule is CCCCCCCCCCCCCCC=CCC(=O)[O-].CCCCCCCCCCCCCCC=CCC(=O)[O-].[Zn+2]. The van der Waals surface area contributed by atoms with E-state index in [0.717, 1.165) is 12.8 Å². The van der Waals surface area contributed by atoms with E-state index in [4.69, 9.17) is 0 Å². The van der Waals surface area contributed by atoms with Crippen molar-refractivity contribution in [3.8, 4) is 0 Å². The second-order valence-corrected chi connectivity index (χ2v) is 11.5. The molecule has 0 unspecified atom stereocenters. The first kappa shape index (κ1) is 44.5. The Bertz CT molecular complexity index is 524. The van der Waals surface area contributed by atoms with Crippen molar-refractivity contribution in [2.45, 2.75) is 194 Å². The predicted molar refractivity (Wildman–Crippen MR) is 169 cm³/mol. The van der Waals surface area contributed by atoms with Crippen molar-refractivity contribution in [2.24, 2.45) is 0 Å². The Hall–Kier alpha value is -0.957. The van der Waals surface area contributed by atoms with Gasteiger partial charge in [-0.25, -0.2) is 0 Å². The third kappa shape index (κ3) is 49.1. The average molecular weight is 628 g/mol. The van der Waals surface area contributed by atoms with Gasteiger partial charge in [0.2, 0.25) is 0 Å². The maximum Gasteiger partial charge on any atom is 2.00 e.